The summed E-state index contributed by atoms with van der Waals surface area (Å²) in [4.78, 5) is 0. The largest absolute Gasteiger partial charge is 0.394 e. The summed E-state index contributed by atoms with van der Waals surface area (Å²) in [6.07, 6.45) is -0.412. The number of nitrogens with zero attached hydrogens (tertiary/aromatic N) is 1. The fourth-order valence-electron chi connectivity index (χ4n) is 2.35. The third kappa shape index (κ3) is 3.79. The van der Waals surface area contributed by atoms with Crippen molar-refractivity contribution >= 4 is 10.0 Å². The summed E-state index contributed by atoms with van der Waals surface area (Å²) in [5.74, 6) is 0.0198. The first-order chi connectivity index (χ1) is 9.53. The second kappa shape index (κ2) is 6.67. The molecule has 5 nitrogen and oxygen atoms in total. The summed E-state index contributed by atoms with van der Waals surface area (Å²) in [7, 11) is -3.33. The van der Waals surface area contributed by atoms with Crippen LogP contribution in [-0.4, -0.2) is 56.0 Å². The van der Waals surface area contributed by atoms with E-state index >= 15 is 0 Å². The van der Waals surface area contributed by atoms with Crippen LogP contribution in [0.3, 0.4) is 0 Å². The summed E-state index contributed by atoms with van der Waals surface area (Å²) < 4.78 is 31.6. The predicted molar refractivity (Wildman–Crippen MR) is 77.0 cm³/mol. The standard InChI is InChI=1S/C14H21NO4S/c1-12(13-5-3-2-4-6-13)11-20(17,18)15-7-8-19-14(9-15)10-16/h2-6,12,14,16H,7-11H2,1H3. The van der Waals surface area contributed by atoms with E-state index < -0.39 is 16.1 Å². The lowest BCUT2D eigenvalue weighted by atomic mass is 10.0. The molecule has 0 saturated carbocycles. The molecule has 2 rings (SSSR count). The van der Waals surface area contributed by atoms with Crippen LogP contribution in [0.5, 0.6) is 0 Å². The van der Waals surface area contributed by atoms with Crippen molar-refractivity contribution in [2.45, 2.75) is 18.9 Å². The van der Waals surface area contributed by atoms with Gasteiger partial charge in [-0.25, -0.2) is 8.42 Å². The highest BCUT2D eigenvalue weighted by Crippen LogP contribution is 2.20. The predicted octanol–water partition coefficient (Wildman–Crippen LogP) is 0.813. The maximum atomic E-state index is 12.4. The first kappa shape index (κ1) is 15.4. The summed E-state index contributed by atoms with van der Waals surface area (Å²) in [5.41, 5.74) is 1.02. The molecule has 112 valence electrons. The first-order valence-corrected chi connectivity index (χ1v) is 8.39. The molecular weight excluding hydrogens is 278 g/mol. The Balaban J connectivity index is 2.03. The van der Waals surface area contributed by atoms with Gasteiger partial charge in [-0.1, -0.05) is 37.3 Å². The van der Waals surface area contributed by atoms with Crippen LogP contribution in [-0.2, 0) is 14.8 Å². The molecule has 0 radical (unpaired) electrons. The number of aliphatic hydroxyl groups excluding tert-OH is 1. The van der Waals surface area contributed by atoms with Gasteiger partial charge in [-0.2, -0.15) is 4.31 Å². The van der Waals surface area contributed by atoms with Gasteiger partial charge in [0.2, 0.25) is 10.0 Å². The van der Waals surface area contributed by atoms with Gasteiger partial charge in [0.05, 0.1) is 25.1 Å². The lowest BCUT2D eigenvalue weighted by molar-refractivity contribution is -0.0304. The minimum absolute atomic E-state index is 0.0587. The van der Waals surface area contributed by atoms with Crippen LogP contribution in [0.25, 0.3) is 0 Å². The normalized spacial score (nSPS) is 22.6. The maximum absolute atomic E-state index is 12.4. The third-order valence-electron chi connectivity index (χ3n) is 3.53. The highest BCUT2D eigenvalue weighted by atomic mass is 32.2. The SMILES string of the molecule is CC(CS(=O)(=O)N1CCOC(CO)C1)c1ccccc1. The smallest absolute Gasteiger partial charge is 0.214 e. The minimum Gasteiger partial charge on any atom is -0.394 e. The number of benzene rings is 1. The van der Waals surface area contributed by atoms with Crippen LogP contribution in [0.4, 0.5) is 0 Å². The van der Waals surface area contributed by atoms with Crippen LogP contribution >= 0.6 is 0 Å². The average Bonchev–Trinajstić information content (AvgIpc) is 2.48. The van der Waals surface area contributed by atoms with Crippen LogP contribution in [0, 0.1) is 0 Å². The van der Waals surface area contributed by atoms with Gasteiger partial charge in [0.15, 0.2) is 0 Å². The molecule has 0 amide bonds. The number of rotatable bonds is 5. The molecule has 1 saturated heterocycles. The van der Waals surface area contributed by atoms with Crippen molar-refractivity contribution in [1.82, 2.24) is 4.31 Å². The summed E-state index contributed by atoms with van der Waals surface area (Å²) in [6, 6.07) is 9.62. The molecule has 0 aliphatic carbocycles. The van der Waals surface area contributed by atoms with Crippen molar-refractivity contribution in [2.24, 2.45) is 0 Å². The highest BCUT2D eigenvalue weighted by Gasteiger charge is 2.30. The van der Waals surface area contributed by atoms with E-state index in [4.69, 9.17) is 9.84 Å². The Labute approximate surface area is 120 Å². The number of aliphatic hydroxyl groups is 1. The lowest BCUT2D eigenvalue weighted by Crippen LogP contribution is -2.48. The Morgan fingerprint density at radius 1 is 1.40 bits per heavy atom. The van der Waals surface area contributed by atoms with Gasteiger partial charge in [-0.15, -0.1) is 0 Å². The van der Waals surface area contributed by atoms with E-state index in [-0.39, 0.29) is 24.8 Å². The van der Waals surface area contributed by atoms with Crippen molar-refractivity contribution in [2.75, 3.05) is 32.1 Å². The lowest BCUT2D eigenvalue weighted by Gasteiger charge is -2.32. The quantitative estimate of drug-likeness (QED) is 0.874. The van der Waals surface area contributed by atoms with E-state index in [0.29, 0.717) is 13.2 Å². The van der Waals surface area contributed by atoms with E-state index in [1.165, 1.54) is 4.31 Å². The van der Waals surface area contributed by atoms with Gasteiger partial charge in [-0.3, -0.25) is 0 Å². The maximum Gasteiger partial charge on any atom is 0.214 e. The average molecular weight is 299 g/mol. The number of morpholine rings is 1. The summed E-state index contributed by atoms with van der Waals surface area (Å²) in [6.45, 7) is 2.70. The van der Waals surface area contributed by atoms with E-state index in [1.807, 2.05) is 37.3 Å². The molecule has 6 heteroatoms. The second-order valence-electron chi connectivity index (χ2n) is 5.12. The summed E-state index contributed by atoms with van der Waals surface area (Å²) in [5, 5.41) is 9.09. The van der Waals surface area contributed by atoms with E-state index in [2.05, 4.69) is 0 Å². The van der Waals surface area contributed by atoms with Crippen molar-refractivity contribution in [3.63, 3.8) is 0 Å². The van der Waals surface area contributed by atoms with E-state index in [9.17, 15) is 8.42 Å². The third-order valence-corrected chi connectivity index (χ3v) is 5.57. The fraction of sp³-hybridized carbons (Fsp3) is 0.571. The minimum atomic E-state index is -3.33. The molecule has 1 aromatic rings. The molecule has 20 heavy (non-hydrogen) atoms. The van der Waals surface area contributed by atoms with Crippen molar-refractivity contribution in [3.05, 3.63) is 35.9 Å². The zero-order valence-corrected chi connectivity index (χ0v) is 12.4. The molecule has 1 N–H and O–H groups in total. The number of hydrogen-bond donors (Lipinski definition) is 1. The van der Waals surface area contributed by atoms with E-state index in [0.717, 1.165) is 5.56 Å². The van der Waals surface area contributed by atoms with Crippen LogP contribution in [0.15, 0.2) is 30.3 Å². The second-order valence-corrected chi connectivity index (χ2v) is 7.14. The van der Waals surface area contributed by atoms with Crippen LogP contribution in [0.2, 0.25) is 0 Å². The van der Waals surface area contributed by atoms with Crippen molar-refractivity contribution in [3.8, 4) is 0 Å². The molecule has 1 aliphatic rings. The Morgan fingerprint density at radius 3 is 2.75 bits per heavy atom. The van der Waals surface area contributed by atoms with Gasteiger partial charge in [0.1, 0.15) is 0 Å². The fourth-order valence-corrected chi connectivity index (χ4v) is 4.14. The Bertz CT molecular complexity index is 517. The first-order valence-electron chi connectivity index (χ1n) is 6.78. The summed E-state index contributed by atoms with van der Waals surface area (Å²) >= 11 is 0. The molecule has 2 unspecified atom stereocenters. The molecule has 0 aromatic heterocycles. The molecule has 1 aromatic carbocycles. The molecule has 1 aliphatic heterocycles. The van der Waals surface area contributed by atoms with Crippen molar-refractivity contribution < 1.29 is 18.3 Å². The number of ether oxygens (including phenoxy) is 1. The van der Waals surface area contributed by atoms with Crippen LogP contribution < -0.4 is 0 Å². The number of hydrogen-bond acceptors (Lipinski definition) is 4. The Kier molecular flexibility index (Phi) is 5.15. The van der Waals surface area contributed by atoms with Crippen molar-refractivity contribution in [1.29, 1.82) is 0 Å². The molecule has 0 bridgehead atoms. The highest BCUT2D eigenvalue weighted by molar-refractivity contribution is 7.89. The molecule has 0 spiro atoms. The van der Waals surface area contributed by atoms with Crippen LogP contribution in [0.1, 0.15) is 18.4 Å². The monoisotopic (exact) mass is 299 g/mol. The Hall–Kier alpha value is -0.950. The van der Waals surface area contributed by atoms with Gasteiger partial charge in [-0.05, 0) is 11.5 Å². The van der Waals surface area contributed by atoms with Gasteiger partial charge in [0.25, 0.3) is 0 Å². The van der Waals surface area contributed by atoms with Gasteiger partial charge in [0, 0.05) is 13.1 Å². The molecule has 2 atom stereocenters. The Morgan fingerprint density at radius 2 is 2.10 bits per heavy atom. The zero-order valence-electron chi connectivity index (χ0n) is 11.6. The van der Waals surface area contributed by atoms with Gasteiger partial charge < -0.3 is 9.84 Å². The molecular formula is C14H21NO4S. The molecule has 1 fully saturated rings. The van der Waals surface area contributed by atoms with Gasteiger partial charge >= 0.3 is 0 Å². The number of sulfonamides is 1. The van der Waals surface area contributed by atoms with E-state index in [1.54, 1.807) is 0 Å². The molecule has 1 heterocycles. The zero-order chi connectivity index (χ0) is 14.6. The topological polar surface area (TPSA) is 66.8 Å².